The molecule has 0 spiro atoms. The van der Waals surface area contributed by atoms with Crippen molar-refractivity contribution in [3.63, 3.8) is 0 Å². The van der Waals surface area contributed by atoms with Crippen molar-refractivity contribution in [2.75, 3.05) is 18.2 Å². The number of rotatable bonds is 6. The summed E-state index contributed by atoms with van der Waals surface area (Å²) in [6.45, 7) is 0. The molecule has 38 heavy (non-hydrogen) atoms. The van der Waals surface area contributed by atoms with Crippen LogP contribution in [0.4, 0.5) is 11.5 Å². The number of benzene rings is 4. The molecule has 0 unspecified atom stereocenters. The van der Waals surface area contributed by atoms with Gasteiger partial charge in [-0.05, 0) is 52.2 Å². The van der Waals surface area contributed by atoms with Gasteiger partial charge in [-0.3, -0.25) is 9.59 Å². The molecule has 5 rings (SSSR count). The van der Waals surface area contributed by atoms with Crippen molar-refractivity contribution in [2.24, 2.45) is 0 Å². The van der Waals surface area contributed by atoms with Crippen molar-refractivity contribution in [3.8, 4) is 16.9 Å². The van der Waals surface area contributed by atoms with Gasteiger partial charge in [0.1, 0.15) is 5.75 Å². The molecule has 5 aromatic rings. The number of anilines is 2. The number of hydrogen-bond acceptors (Lipinski definition) is 6. The van der Waals surface area contributed by atoms with Crippen LogP contribution in [0.3, 0.4) is 0 Å². The van der Waals surface area contributed by atoms with Crippen LogP contribution in [0.5, 0.6) is 5.75 Å². The van der Waals surface area contributed by atoms with Gasteiger partial charge < -0.3 is 20.9 Å². The maximum absolute atomic E-state index is 13.1. The number of carbonyl (C=O) groups excluding carboxylic acids is 2. The first-order valence-corrected chi connectivity index (χ1v) is 11.6. The average Bonchev–Trinajstić information content (AvgIpc) is 3.27. The van der Waals surface area contributed by atoms with Crippen molar-refractivity contribution >= 4 is 51.0 Å². The van der Waals surface area contributed by atoms with E-state index in [0.717, 1.165) is 38.7 Å². The Morgan fingerprint density at radius 3 is 2.55 bits per heavy atom. The molecule has 0 saturated carbocycles. The Morgan fingerprint density at radius 2 is 1.76 bits per heavy atom. The van der Waals surface area contributed by atoms with Gasteiger partial charge in [-0.15, -0.1) is 5.10 Å². The first-order chi connectivity index (χ1) is 18.4. The number of allylic oxidation sites excluding steroid dienone is 1. The maximum atomic E-state index is 13.1. The summed E-state index contributed by atoms with van der Waals surface area (Å²) in [5, 5.41) is 18.1. The molecule has 188 valence electrons. The van der Waals surface area contributed by atoms with Crippen molar-refractivity contribution in [1.82, 2.24) is 9.78 Å². The molecule has 0 aliphatic rings. The molecule has 4 aromatic carbocycles. The molecule has 0 saturated heterocycles. The summed E-state index contributed by atoms with van der Waals surface area (Å²) >= 11 is 0. The van der Waals surface area contributed by atoms with Gasteiger partial charge in [0.2, 0.25) is 0 Å². The molecule has 1 heterocycles. The number of nitrogens with one attached hydrogen (secondary N) is 1. The van der Waals surface area contributed by atoms with Crippen molar-refractivity contribution < 1.29 is 24.2 Å². The lowest BCUT2D eigenvalue weighted by Crippen LogP contribution is -2.12. The highest BCUT2D eigenvalue weighted by atomic mass is 16.5. The minimum atomic E-state index is -1.24. The largest absolute Gasteiger partial charge is 0.497 e. The molecule has 9 nitrogen and oxygen atoms in total. The lowest BCUT2D eigenvalue weighted by atomic mass is 9.96. The number of nitrogen functional groups attached to an aromatic ring is 1. The number of carboxylic acids is 1. The van der Waals surface area contributed by atoms with Crippen LogP contribution in [0.1, 0.15) is 15.2 Å². The van der Waals surface area contributed by atoms with E-state index >= 15 is 0 Å². The average molecular weight is 507 g/mol. The van der Waals surface area contributed by atoms with Gasteiger partial charge in [0, 0.05) is 29.5 Å². The predicted octanol–water partition coefficient (Wildman–Crippen LogP) is 4.98. The summed E-state index contributed by atoms with van der Waals surface area (Å²) in [5.41, 5.74) is 9.33. The second-order valence-electron chi connectivity index (χ2n) is 8.43. The summed E-state index contributed by atoms with van der Waals surface area (Å²) in [6, 6.07) is 23.6. The van der Waals surface area contributed by atoms with E-state index < -0.39 is 11.9 Å². The Bertz CT molecular complexity index is 1770. The number of carboxylic acid groups (broad SMARTS) is 1. The lowest BCUT2D eigenvalue weighted by Gasteiger charge is -2.11. The second kappa shape index (κ2) is 9.90. The van der Waals surface area contributed by atoms with E-state index in [-0.39, 0.29) is 11.7 Å². The Kier molecular flexibility index (Phi) is 6.32. The zero-order chi connectivity index (χ0) is 26.8. The quantitative estimate of drug-likeness (QED) is 0.276. The van der Waals surface area contributed by atoms with Crippen LogP contribution in [-0.2, 0) is 4.79 Å². The lowest BCUT2D eigenvalue weighted by molar-refractivity contribution is -0.131. The fourth-order valence-electron chi connectivity index (χ4n) is 4.37. The normalized spacial score (nSPS) is 11.2. The van der Waals surface area contributed by atoms with E-state index in [1.54, 1.807) is 49.6 Å². The topological polar surface area (TPSA) is 137 Å². The number of nitrogens with zero attached hydrogens (tertiary/aromatic N) is 2. The Morgan fingerprint density at radius 1 is 0.974 bits per heavy atom. The summed E-state index contributed by atoms with van der Waals surface area (Å²) in [4.78, 5) is 36.4. The zero-order valence-electron chi connectivity index (χ0n) is 20.2. The molecule has 4 N–H and O–H groups in total. The maximum Gasteiger partial charge on any atom is 0.328 e. The summed E-state index contributed by atoms with van der Waals surface area (Å²) in [5.74, 6) is -1.34. The van der Waals surface area contributed by atoms with E-state index in [4.69, 9.17) is 15.6 Å². The summed E-state index contributed by atoms with van der Waals surface area (Å²) < 4.78 is 6.31. The molecule has 0 atom stereocenters. The fraction of sp³-hybridized carbons (Fsp3) is 0.0345. The zero-order valence-corrected chi connectivity index (χ0v) is 20.2. The highest BCUT2D eigenvalue weighted by molar-refractivity contribution is 6.14. The van der Waals surface area contributed by atoms with Crippen LogP contribution in [0.2, 0.25) is 0 Å². The molecular formula is C29H22N4O5. The minimum absolute atomic E-state index is 0.138. The smallest absolute Gasteiger partial charge is 0.328 e. The van der Waals surface area contributed by atoms with E-state index in [2.05, 4.69) is 10.4 Å². The number of aliphatic carboxylic acids is 1. The van der Waals surface area contributed by atoms with Gasteiger partial charge in [-0.2, -0.15) is 4.68 Å². The van der Waals surface area contributed by atoms with E-state index in [9.17, 15) is 14.4 Å². The molecule has 0 aliphatic carbocycles. The highest BCUT2D eigenvalue weighted by Crippen LogP contribution is 2.35. The fourth-order valence-corrected chi connectivity index (χ4v) is 4.37. The highest BCUT2D eigenvalue weighted by Gasteiger charge is 2.17. The first kappa shape index (κ1) is 24.3. The van der Waals surface area contributed by atoms with E-state index in [0.29, 0.717) is 27.9 Å². The number of nitrogens with two attached hydrogens (primary N) is 1. The molecule has 9 heteroatoms. The third-order valence-electron chi connectivity index (χ3n) is 6.08. The van der Waals surface area contributed by atoms with Crippen LogP contribution < -0.4 is 15.8 Å². The third-order valence-corrected chi connectivity index (χ3v) is 6.08. The molecule has 1 aromatic heterocycles. The van der Waals surface area contributed by atoms with Gasteiger partial charge in [0.25, 0.3) is 11.8 Å². The van der Waals surface area contributed by atoms with Gasteiger partial charge in [-0.25, -0.2) is 4.79 Å². The van der Waals surface area contributed by atoms with Crippen LogP contribution in [-0.4, -0.2) is 39.8 Å². The molecular weight excluding hydrogens is 484 g/mol. The van der Waals surface area contributed by atoms with Crippen LogP contribution in [0, 0.1) is 0 Å². The first-order valence-electron chi connectivity index (χ1n) is 11.6. The number of amides is 1. The van der Waals surface area contributed by atoms with Crippen LogP contribution in [0.25, 0.3) is 32.8 Å². The standard InChI is InChI=1S/C29H22N4O5/c1-38-20-7-3-6-19(16-20)31-29(37)23-9-2-5-17-15-18(11-12-21(17)23)22-8-4-10-24-27(22)28(30)32-33(24)25(34)13-14-26(35)36/h2-16H,1H3,(H2,30,32)(H,31,37)(H,35,36)/b14-13-. The Labute approximate surface area is 216 Å². The van der Waals surface area contributed by atoms with Crippen molar-refractivity contribution in [3.05, 3.63) is 96.6 Å². The number of carbonyl (C=O) groups is 3. The number of ether oxygens (including phenoxy) is 1. The van der Waals surface area contributed by atoms with Gasteiger partial charge in [-0.1, -0.05) is 42.5 Å². The van der Waals surface area contributed by atoms with Crippen LogP contribution in [0.15, 0.2) is 91.0 Å². The number of methoxy groups -OCH3 is 1. The monoisotopic (exact) mass is 506 g/mol. The second-order valence-corrected chi connectivity index (χ2v) is 8.43. The number of hydrogen-bond donors (Lipinski definition) is 3. The van der Waals surface area contributed by atoms with Crippen molar-refractivity contribution in [2.45, 2.75) is 0 Å². The SMILES string of the molecule is COc1cccc(NC(=O)c2cccc3cc(-c4cccc5c4c(N)nn5C(=O)/C=C\C(=O)O)ccc23)c1. The van der Waals surface area contributed by atoms with E-state index in [1.807, 2.05) is 36.4 Å². The molecule has 1 amide bonds. The van der Waals surface area contributed by atoms with E-state index in [1.165, 1.54) is 0 Å². The molecule has 0 radical (unpaired) electrons. The van der Waals surface area contributed by atoms with Gasteiger partial charge in [0.05, 0.1) is 18.0 Å². The van der Waals surface area contributed by atoms with Crippen LogP contribution >= 0.6 is 0 Å². The summed E-state index contributed by atoms with van der Waals surface area (Å²) in [7, 11) is 1.57. The van der Waals surface area contributed by atoms with Gasteiger partial charge in [0.15, 0.2) is 5.82 Å². The predicted molar refractivity (Wildman–Crippen MR) is 145 cm³/mol. The Hall–Kier alpha value is -5.44. The molecule has 0 aliphatic heterocycles. The third kappa shape index (κ3) is 4.56. The Balaban J connectivity index is 1.53. The number of aromatic nitrogens is 2. The molecule has 0 fully saturated rings. The number of fused-ring (bicyclic) bond motifs is 2. The molecule has 0 bridgehead atoms. The van der Waals surface area contributed by atoms with Crippen molar-refractivity contribution in [1.29, 1.82) is 0 Å². The van der Waals surface area contributed by atoms with Gasteiger partial charge >= 0.3 is 5.97 Å². The minimum Gasteiger partial charge on any atom is -0.497 e. The summed E-state index contributed by atoms with van der Waals surface area (Å²) in [6.07, 6.45) is 1.68.